The summed E-state index contributed by atoms with van der Waals surface area (Å²) in [6.07, 6.45) is 13.3. The Morgan fingerprint density at radius 3 is 2.82 bits per heavy atom. The van der Waals surface area contributed by atoms with Crippen LogP contribution in [0, 0.1) is 0 Å². The summed E-state index contributed by atoms with van der Waals surface area (Å²) in [7, 11) is 1.72. The number of nitrogens with zero attached hydrogens (tertiary/aromatic N) is 2. The summed E-state index contributed by atoms with van der Waals surface area (Å²) in [5.74, 6) is 0.929. The maximum atomic E-state index is 5.45. The number of aromatic amines is 1. The van der Waals surface area contributed by atoms with Crippen LogP contribution < -0.4 is 4.74 Å². The predicted molar refractivity (Wildman–Crippen MR) is 66.1 cm³/mol. The Hall–Kier alpha value is -1.71. The van der Waals surface area contributed by atoms with E-state index in [9.17, 15) is 0 Å². The first-order valence-electron chi connectivity index (χ1n) is 6.13. The third-order valence-corrected chi connectivity index (χ3v) is 3.59. The minimum absolute atomic E-state index is 0.643. The van der Waals surface area contributed by atoms with Crippen molar-refractivity contribution < 1.29 is 4.74 Å². The first-order chi connectivity index (χ1) is 8.38. The van der Waals surface area contributed by atoms with Crippen LogP contribution in [0.3, 0.4) is 0 Å². The number of hydrogen-bond donors (Lipinski definition) is 1. The quantitative estimate of drug-likeness (QED) is 0.882. The summed E-state index contributed by atoms with van der Waals surface area (Å²) in [5.41, 5.74) is 2.20. The van der Waals surface area contributed by atoms with Crippen LogP contribution in [0.1, 0.15) is 31.7 Å². The van der Waals surface area contributed by atoms with Gasteiger partial charge in [0.1, 0.15) is 5.75 Å². The van der Waals surface area contributed by atoms with Crippen molar-refractivity contribution in [2.75, 3.05) is 7.11 Å². The molecule has 1 fully saturated rings. The van der Waals surface area contributed by atoms with Crippen molar-refractivity contribution in [3.05, 3.63) is 24.8 Å². The number of methoxy groups -OCH3 is 1. The maximum Gasteiger partial charge on any atom is 0.144 e. The van der Waals surface area contributed by atoms with Gasteiger partial charge in [0.05, 0.1) is 13.3 Å². The molecule has 1 aliphatic carbocycles. The summed E-state index contributed by atoms with van der Waals surface area (Å²) < 4.78 is 7.75. The molecule has 90 valence electrons. The van der Waals surface area contributed by atoms with E-state index < -0.39 is 0 Å². The van der Waals surface area contributed by atoms with E-state index in [0.717, 1.165) is 16.9 Å². The molecule has 17 heavy (non-hydrogen) atoms. The number of hydrogen-bond acceptors (Lipinski definition) is 2. The van der Waals surface area contributed by atoms with Crippen molar-refractivity contribution in [2.45, 2.75) is 31.7 Å². The van der Waals surface area contributed by atoms with Crippen LogP contribution in [0.4, 0.5) is 0 Å². The fourth-order valence-corrected chi connectivity index (χ4v) is 2.65. The molecule has 0 aliphatic heterocycles. The predicted octanol–water partition coefficient (Wildman–Crippen LogP) is 3.00. The lowest BCUT2D eigenvalue weighted by molar-refractivity contribution is 0.412. The topological polar surface area (TPSA) is 42.8 Å². The van der Waals surface area contributed by atoms with Crippen LogP contribution in [0.25, 0.3) is 11.1 Å². The van der Waals surface area contributed by atoms with Crippen molar-refractivity contribution in [3.8, 4) is 16.9 Å². The molecule has 4 nitrogen and oxygen atoms in total. The molecule has 1 N–H and O–H groups in total. The van der Waals surface area contributed by atoms with Crippen molar-refractivity contribution in [3.63, 3.8) is 0 Å². The van der Waals surface area contributed by atoms with Crippen LogP contribution in [0.5, 0.6) is 5.75 Å². The van der Waals surface area contributed by atoms with Crippen molar-refractivity contribution in [1.82, 2.24) is 14.8 Å². The van der Waals surface area contributed by atoms with Gasteiger partial charge in [-0.15, -0.1) is 0 Å². The zero-order valence-electron chi connectivity index (χ0n) is 10.0. The summed E-state index contributed by atoms with van der Waals surface area (Å²) in [5, 5.41) is 6.83. The zero-order chi connectivity index (χ0) is 11.7. The Morgan fingerprint density at radius 1 is 1.35 bits per heavy atom. The molecular formula is C13H17N3O. The van der Waals surface area contributed by atoms with E-state index in [-0.39, 0.29) is 0 Å². The molecule has 0 radical (unpaired) electrons. The Balaban J connectivity index is 1.97. The molecular weight excluding hydrogens is 214 g/mol. The molecule has 0 amide bonds. The molecule has 1 aliphatic rings. The molecule has 0 spiro atoms. The highest BCUT2D eigenvalue weighted by Gasteiger charge is 2.19. The van der Waals surface area contributed by atoms with Gasteiger partial charge in [-0.05, 0) is 12.8 Å². The van der Waals surface area contributed by atoms with Gasteiger partial charge in [-0.1, -0.05) is 12.8 Å². The van der Waals surface area contributed by atoms with Crippen molar-refractivity contribution in [1.29, 1.82) is 0 Å². The smallest absolute Gasteiger partial charge is 0.144 e. The van der Waals surface area contributed by atoms with E-state index in [4.69, 9.17) is 4.74 Å². The van der Waals surface area contributed by atoms with Crippen LogP contribution in [0.2, 0.25) is 0 Å². The molecule has 2 aromatic rings. The Morgan fingerprint density at radius 2 is 2.18 bits per heavy atom. The molecule has 0 saturated heterocycles. The van der Waals surface area contributed by atoms with Crippen molar-refractivity contribution >= 4 is 0 Å². The molecule has 0 bridgehead atoms. The molecule has 0 atom stereocenters. The number of rotatable bonds is 3. The van der Waals surface area contributed by atoms with E-state index >= 15 is 0 Å². The molecule has 3 rings (SSSR count). The Kier molecular flexibility index (Phi) is 2.63. The molecule has 0 aromatic carbocycles. The molecule has 1 saturated carbocycles. The average molecular weight is 231 g/mol. The summed E-state index contributed by atoms with van der Waals surface area (Å²) >= 11 is 0. The van der Waals surface area contributed by atoms with Gasteiger partial charge in [-0.3, -0.25) is 5.10 Å². The first-order valence-corrected chi connectivity index (χ1v) is 6.13. The van der Waals surface area contributed by atoms with E-state index in [1.54, 1.807) is 7.11 Å². The lowest BCUT2D eigenvalue weighted by Gasteiger charge is -2.10. The summed E-state index contributed by atoms with van der Waals surface area (Å²) in [4.78, 5) is 0. The van der Waals surface area contributed by atoms with Gasteiger partial charge < -0.3 is 9.30 Å². The highest BCUT2D eigenvalue weighted by molar-refractivity contribution is 5.68. The number of ether oxygens (including phenoxy) is 1. The number of H-pyrrole nitrogens is 1. The standard InChI is InChI=1S/C13H17N3O/c1-17-13-9-16(11-4-2-3-5-11)8-12(13)10-6-14-15-7-10/h6-9,11H,2-5H2,1H3,(H,14,15). The van der Waals surface area contributed by atoms with E-state index in [1.165, 1.54) is 25.7 Å². The number of aromatic nitrogens is 3. The van der Waals surface area contributed by atoms with Crippen LogP contribution in [-0.4, -0.2) is 21.9 Å². The fraction of sp³-hybridized carbons (Fsp3) is 0.462. The van der Waals surface area contributed by atoms with Crippen LogP contribution in [-0.2, 0) is 0 Å². The second-order valence-corrected chi connectivity index (χ2v) is 4.61. The highest BCUT2D eigenvalue weighted by atomic mass is 16.5. The third-order valence-electron chi connectivity index (χ3n) is 3.59. The second-order valence-electron chi connectivity index (χ2n) is 4.61. The molecule has 0 unspecified atom stereocenters. The second kappa shape index (κ2) is 4.28. The minimum Gasteiger partial charge on any atom is -0.495 e. The molecule has 2 heterocycles. The average Bonchev–Trinajstić information content (AvgIpc) is 3.09. The third kappa shape index (κ3) is 1.84. The zero-order valence-corrected chi connectivity index (χ0v) is 10.0. The lowest BCUT2D eigenvalue weighted by atomic mass is 10.2. The van der Waals surface area contributed by atoms with E-state index in [0.29, 0.717) is 6.04 Å². The Labute approximate surface area is 101 Å². The van der Waals surface area contributed by atoms with Gasteiger partial charge in [-0.25, -0.2) is 0 Å². The lowest BCUT2D eigenvalue weighted by Crippen LogP contribution is -2.00. The molecule has 4 heteroatoms. The highest BCUT2D eigenvalue weighted by Crippen LogP contribution is 2.36. The van der Waals surface area contributed by atoms with Crippen LogP contribution in [0.15, 0.2) is 24.8 Å². The normalized spacial score (nSPS) is 16.5. The van der Waals surface area contributed by atoms with Gasteiger partial charge in [0.25, 0.3) is 0 Å². The monoisotopic (exact) mass is 231 g/mol. The summed E-state index contributed by atoms with van der Waals surface area (Å²) in [6.45, 7) is 0. The fourth-order valence-electron chi connectivity index (χ4n) is 2.65. The summed E-state index contributed by atoms with van der Waals surface area (Å²) in [6, 6.07) is 0.643. The first kappa shape index (κ1) is 10.4. The van der Waals surface area contributed by atoms with E-state index in [2.05, 4.69) is 27.2 Å². The SMILES string of the molecule is COc1cn(C2CCCC2)cc1-c1cn[nH]c1. The van der Waals surface area contributed by atoms with Gasteiger partial charge in [-0.2, -0.15) is 5.10 Å². The van der Waals surface area contributed by atoms with Gasteiger partial charge in [0, 0.05) is 35.8 Å². The minimum atomic E-state index is 0.643. The Bertz CT molecular complexity index is 481. The van der Waals surface area contributed by atoms with Gasteiger partial charge in [0.2, 0.25) is 0 Å². The largest absolute Gasteiger partial charge is 0.495 e. The van der Waals surface area contributed by atoms with Gasteiger partial charge >= 0.3 is 0 Å². The number of nitrogens with one attached hydrogen (secondary N) is 1. The van der Waals surface area contributed by atoms with Crippen molar-refractivity contribution in [2.24, 2.45) is 0 Å². The van der Waals surface area contributed by atoms with Gasteiger partial charge in [0.15, 0.2) is 0 Å². The van der Waals surface area contributed by atoms with Crippen LogP contribution >= 0.6 is 0 Å². The maximum absolute atomic E-state index is 5.45. The molecule has 2 aromatic heterocycles. The van der Waals surface area contributed by atoms with E-state index in [1.807, 2.05) is 12.4 Å².